The number of likely N-dealkylation sites (tertiary alicyclic amines) is 1. The predicted octanol–water partition coefficient (Wildman–Crippen LogP) is 4.55. The number of nitrogens with zero attached hydrogens (tertiary/aromatic N) is 1. The van der Waals surface area contributed by atoms with Gasteiger partial charge in [0.1, 0.15) is 11.5 Å². The molecule has 1 amide bonds. The average molecular weight is 438 g/mol. The molecule has 6 nitrogen and oxygen atoms in total. The van der Waals surface area contributed by atoms with E-state index in [-0.39, 0.29) is 24.0 Å². The molecule has 2 aromatic carbocycles. The SMILES string of the molecule is CCOc1ccc(C2/C(=C(/O)c3ccc(C)c(C)c3)C(=O)C(=O)N2CCOC(C)C)cc1. The van der Waals surface area contributed by atoms with Crippen LogP contribution in [-0.2, 0) is 14.3 Å². The predicted molar refractivity (Wildman–Crippen MR) is 124 cm³/mol. The second-order valence-corrected chi connectivity index (χ2v) is 8.21. The highest BCUT2D eigenvalue weighted by Crippen LogP contribution is 2.39. The van der Waals surface area contributed by atoms with Gasteiger partial charge >= 0.3 is 0 Å². The third-order valence-corrected chi connectivity index (χ3v) is 5.61. The third kappa shape index (κ3) is 4.86. The van der Waals surface area contributed by atoms with Crippen molar-refractivity contribution < 1.29 is 24.2 Å². The lowest BCUT2D eigenvalue weighted by Gasteiger charge is -2.26. The van der Waals surface area contributed by atoms with Crippen molar-refractivity contribution in [3.63, 3.8) is 0 Å². The number of ether oxygens (including phenoxy) is 2. The van der Waals surface area contributed by atoms with Crippen LogP contribution in [0.3, 0.4) is 0 Å². The molecule has 32 heavy (non-hydrogen) atoms. The Balaban J connectivity index is 2.08. The Bertz CT molecular complexity index is 1020. The summed E-state index contributed by atoms with van der Waals surface area (Å²) >= 11 is 0. The van der Waals surface area contributed by atoms with Crippen LogP contribution in [0.4, 0.5) is 0 Å². The lowest BCUT2D eigenvalue weighted by molar-refractivity contribution is -0.140. The van der Waals surface area contributed by atoms with Gasteiger partial charge < -0.3 is 19.5 Å². The van der Waals surface area contributed by atoms with E-state index in [0.717, 1.165) is 16.7 Å². The molecule has 6 heteroatoms. The van der Waals surface area contributed by atoms with E-state index in [4.69, 9.17) is 9.47 Å². The summed E-state index contributed by atoms with van der Waals surface area (Å²) in [4.78, 5) is 27.5. The van der Waals surface area contributed by atoms with E-state index < -0.39 is 17.7 Å². The number of amides is 1. The van der Waals surface area contributed by atoms with Crippen LogP contribution in [0.5, 0.6) is 5.75 Å². The fraction of sp³-hybridized carbons (Fsp3) is 0.385. The number of benzene rings is 2. The minimum atomic E-state index is -0.706. The minimum absolute atomic E-state index is 0.00582. The van der Waals surface area contributed by atoms with Gasteiger partial charge in [0.2, 0.25) is 0 Å². The zero-order chi connectivity index (χ0) is 23.4. The maximum absolute atomic E-state index is 13.1. The summed E-state index contributed by atoms with van der Waals surface area (Å²) in [6.45, 7) is 10.7. The second kappa shape index (κ2) is 10.0. The van der Waals surface area contributed by atoms with Crippen molar-refractivity contribution in [2.24, 2.45) is 0 Å². The van der Waals surface area contributed by atoms with Crippen LogP contribution < -0.4 is 4.74 Å². The Morgan fingerprint density at radius 3 is 2.34 bits per heavy atom. The van der Waals surface area contributed by atoms with Gasteiger partial charge in [-0.1, -0.05) is 24.3 Å². The van der Waals surface area contributed by atoms with Crippen LogP contribution >= 0.6 is 0 Å². The van der Waals surface area contributed by atoms with Gasteiger partial charge in [-0.2, -0.15) is 0 Å². The Kier molecular flexibility index (Phi) is 7.36. The maximum atomic E-state index is 13.1. The van der Waals surface area contributed by atoms with Crippen molar-refractivity contribution in [2.45, 2.75) is 46.8 Å². The maximum Gasteiger partial charge on any atom is 0.295 e. The van der Waals surface area contributed by atoms with Crippen molar-refractivity contribution in [3.8, 4) is 5.75 Å². The molecular formula is C26H31NO5. The summed E-state index contributed by atoms with van der Waals surface area (Å²) < 4.78 is 11.2. The summed E-state index contributed by atoms with van der Waals surface area (Å²) in [6.07, 6.45) is 0.00582. The summed E-state index contributed by atoms with van der Waals surface area (Å²) in [6, 6.07) is 12.0. The van der Waals surface area contributed by atoms with Gasteiger partial charge in [0.15, 0.2) is 0 Å². The first kappa shape index (κ1) is 23.5. The molecule has 170 valence electrons. The highest BCUT2D eigenvalue weighted by Gasteiger charge is 2.45. The van der Waals surface area contributed by atoms with Crippen molar-refractivity contribution in [1.29, 1.82) is 0 Å². The Morgan fingerprint density at radius 2 is 1.75 bits per heavy atom. The smallest absolute Gasteiger partial charge is 0.295 e. The molecule has 0 spiro atoms. The van der Waals surface area contributed by atoms with Crippen LogP contribution in [-0.4, -0.2) is 47.6 Å². The molecule has 0 bridgehead atoms. The second-order valence-electron chi connectivity index (χ2n) is 8.21. The largest absolute Gasteiger partial charge is 0.507 e. The van der Waals surface area contributed by atoms with E-state index in [1.54, 1.807) is 18.2 Å². The molecule has 1 N–H and O–H groups in total. The topological polar surface area (TPSA) is 76.1 Å². The quantitative estimate of drug-likeness (QED) is 0.373. The van der Waals surface area contributed by atoms with Gasteiger partial charge in [-0.15, -0.1) is 0 Å². The lowest BCUT2D eigenvalue weighted by atomic mass is 9.94. The zero-order valence-electron chi connectivity index (χ0n) is 19.3. The number of aliphatic hydroxyl groups excluding tert-OH is 1. The van der Waals surface area contributed by atoms with Crippen LogP contribution in [0.15, 0.2) is 48.0 Å². The highest BCUT2D eigenvalue weighted by molar-refractivity contribution is 6.46. The molecule has 0 saturated carbocycles. The first-order valence-corrected chi connectivity index (χ1v) is 10.9. The number of hydrogen-bond donors (Lipinski definition) is 1. The van der Waals surface area contributed by atoms with Crippen LogP contribution in [0.25, 0.3) is 5.76 Å². The molecule has 1 aliphatic rings. The first-order chi connectivity index (χ1) is 15.2. The number of aryl methyl sites for hydroxylation is 2. The van der Waals surface area contributed by atoms with Gasteiger partial charge in [-0.25, -0.2) is 0 Å². The summed E-state index contributed by atoms with van der Waals surface area (Å²) in [5.74, 6) is -0.797. The number of carbonyl (C=O) groups excluding carboxylic acids is 2. The van der Waals surface area contributed by atoms with Gasteiger partial charge in [-0.05, 0) is 69.5 Å². The van der Waals surface area contributed by atoms with Crippen LogP contribution in [0.1, 0.15) is 49.1 Å². The van der Waals surface area contributed by atoms with Crippen molar-refractivity contribution >= 4 is 17.4 Å². The summed E-state index contributed by atoms with van der Waals surface area (Å²) in [5.41, 5.74) is 3.40. The molecule has 0 aliphatic carbocycles. The van der Waals surface area contributed by atoms with E-state index in [1.807, 2.05) is 58.9 Å². The monoisotopic (exact) mass is 437 g/mol. The minimum Gasteiger partial charge on any atom is -0.507 e. The summed E-state index contributed by atoms with van der Waals surface area (Å²) in [7, 11) is 0. The first-order valence-electron chi connectivity index (χ1n) is 10.9. The fourth-order valence-electron chi connectivity index (χ4n) is 3.80. The molecule has 1 atom stereocenters. The molecule has 1 heterocycles. The van der Waals surface area contributed by atoms with Gasteiger partial charge in [0.25, 0.3) is 11.7 Å². The Hall–Kier alpha value is -3.12. The molecule has 3 rings (SSSR count). The normalized spacial score (nSPS) is 17.9. The molecule has 1 unspecified atom stereocenters. The molecule has 1 saturated heterocycles. The molecule has 2 aromatic rings. The number of rotatable bonds is 8. The van der Waals surface area contributed by atoms with Crippen molar-refractivity contribution in [1.82, 2.24) is 4.90 Å². The van der Waals surface area contributed by atoms with Gasteiger partial charge in [-0.3, -0.25) is 9.59 Å². The lowest BCUT2D eigenvalue weighted by Crippen LogP contribution is -2.33. The average Bonchev–Trinajstić information content (AvgIpc) is 3.01. The van der Waals surface area contributed by atoms with Gasteiger partial charge in [0.05, 0.1) is 30.9 Å². The number of carbonyl (C=O) groups is 2. The van der Waals surface area contributed by atoms with E-state index in [2.05, 4.69) is 0 Å². The van der Waals surface area contributed by atoms with E-state index in [1.165, 1.54) is 4.90 Å². The molecule has 0 aromatic heterocycles. The molecule has 1 fully saturated rings. The Labute approximate surface area is 189 Å². The van der Waals surface area contributed by atoms with Gasteiger partial charge in [0, 0.05) is 12.1 Å². The molecular weight excluding hydrogens is 406 g/mol. The molecule has 1 aliphatic heterocycles. The van der Waals surface area contributed by atoms with Crippen LogP contribution in [0, 0.1) is 13.8 Å². The summed E-state index contributed by atoms with van der Waals surface area (Å²) in [5, 5.41) is 11.1. The fourth-order valence-corrected chi connectivity index (χ4v) is 3.80. The van der Waals surface area contributed by atoms with E-state index in [0.29, 0.717) is 24.5 Å². The standard InChI is InChI=1S/C26H31NO5/c1-6-31-21-11-9-19(10-12-21)23-22(24(28)20-8-7-17(4)18(5)15-20)25(29)26(30)27(23)13-14-32-16(2)3/h7-12,15-16,23,28H,6,13-14H2,1-5H3/b24-22-. The number of Topliss-reactive ketones (excluding diaryl/α,β-unsaturated/α-hetero) is 1. The Morgan fingerprint density at radius 1 is 1.06 bits per heavy atom. The van der Waals surface area contributed by atoms with Crippen molar-refractivity contribution in [3.05, 3.63) is 70.3 Å². The highest BCUT2D eigenvalue weighted by atomic mass is 16.5. The molecule has 0 radical (unpaired) electrons. The number of hydrogen-bond acceptors (Lipinski definition) is 5. The van der Waals surface area contributed by atoms with Crippen LogP contribution in [0.2, 0.25) is 0 Å². The number of aliphatic hydroxyl groups is 1. The van der Waals surface area contributed by atoms with E-state index in [9.17, 15) is 14.7 Å². The van der Waals surface area contributed by atoms with Crippen molar-refractivity contribution in [2.75, 3.05) is 19.8 Å². The van der Waals surface area contributed by atoms with E-state index >= 15 is 0 Å². The number of ketones is 1. The third-order valence-electron chi connectivity index (χ3n) is 5.61. The zero-order valence-corrected chi connectivity index (χ0v) is 19.3.